The highest BCUT2D eigenvalue weighted by atomic mass is 16.5. The van der Waals surface area contributed by atoms with Crippen LogP contribution < -0.4 is 14.8 Å². The number of nitriles is 1. The molecule has 3 aromatic rings. The fourth-order valence-electron chi connectivity index (χ4n) is 2.72. The average Bonchev–Trinajstić information content (AvgIpc) is 2.77. The standard InChI is InChI=1S/C24H22N2O3/c1-2-15-28-23-6-4-3-5-22(23)26-24(27)17-29-21-13-11-20(12-14-21)19-9-7-18(16-25)8-10-19/h3-14H,2,15,17H2,1H3,(H,26,27). The fraction of sp³-hybridized carbons (Fsp3) is 0.167. The Bertz CT molecular complexity index is 990. The molecule has 3 rings (SSSR count). The quantitative estimate of drug-likeness (QED) is 0.589. The second kappa shape index (κ2) is 9.95. The molecule has 0 aliphatic carbocycles. The van der Waals surface area contributed by atoms with Gasteiger partial charge in [0.05, 0.1) is 23.9 Å². The highest BCUT2D eigenvalue weighted by molar-refractivity contribution is 5.93. The van der Waals surface area contributed by atoms with Gasteiger partial charge in [0.2, 0.25) is 0 Å². The van der Waals surface area contributed by atoms with Crippen LogP contribution in [-0.2, 0) is 4.79 Å². The van der Waals surface area contributed by atoms with E-state index in [0.29, 0.717) is 29.4 Å². The monoisotopic (exact) mass is 386 g/mol. The zero-order valence-corrected chi connectivity index (χ0v) is 16.2. The molecule has 0 atom stereocenters. The van der Waals surface area contributed by atoms with E-state index < -0.39 is 0 Å². The van der Waals surface area contributed by atoms with Crippen LogP contribution in [-0.4, -0.2) is 19.1 Å². The lowest BCUT2D eigenvalue weighted by Gasteiger charge is -2.12. The first-order valence-corrected chi connectivity index (χ1v) is 9.44. The highest BCUT2D eigenvalue weighted by Gasteiger charge is 2.08. The van der Waals surface area contributed by atoms with Crippen molar-refractivity contribution in [2.45, 2.75) is 13.3 Å². The van der Waals surface area contributed by atoms with E-state index in [1.807, 2.05) is 61.5 Å². The Labute approximate surface area is 170 Å². The summed E-state index contributed by atoms with van der Waals surface area (Å²) >= 11 is 0. The minimum absolute atomic E-state index is 0.0989. The summed E-state index contributed by atoms with van der Waals surface area (Å²) in [6.07, 6.45) is 0.893. The zero-order chi connectivity index (χ0) is 20.5. The Kier molecular flexibility index (Phi) is 6.85. The largest absolute Gasteiger partial charge is 0.491 e. The topological polar surface area (TPSA) is 71.3 Å². The van der Waals surface area contributed by atoms with Gasteiger partial charge in [0, 0.05) is 0 Å². The van der Waals surface area contributed by atoms with Gasteiger partial charge in [-0.15, -0.1) is 0 Å². The van der Waals surface area contributed by atoms with Crippen molar-refractivity contribution >= 4 is 11.6 Å². The molecule has 0 spiro atoms. The number of hydrogen-bond donors (Lipinski definition) is 1. The van der Waals surface area contributed by atoms with Crippen molar-refractivity contribution in [1.29, 1.82) is 5.26 Å². The lowest BCUT2D eigenvalue weighted by atomic mass is 10.0. The lowest BCUT2D eigenvalue weighted by Crippen LogP contribution is -2.20. The molecule has 5 nitrogen and oxygen atoms in total. The molecule has 0 unspecified atom stereocenters. The number of benzene rings is 3. The molecule has 0 fully saturated rings. The molecule has 0 radical (unpaired) electrons. The first-order chi connectivity index (χ1) is 14.2. The van der Waals surface area contributed by atoms with Gasteiger partial charge in [-0.25, -0.2) is 0 Å². The maximum atomic E-state index is 12.2. The van der Waals surface area contributed by atoms with Crippen molar-refractivity contribution in [3.05, 3.63) is 78.4 Å². The average molecular weight is 386 g/mol. The smallest absolute Gasteiger partial charge is 0.262 e. The van der Waals surface area contributed by atoms with Crippen molar-refractivity contribution < 1.29 is 14.3 Å². The summed E-state index contributed by atoms with van der Waals surface area (Å²) in [4.78, 5) is 12.2. The van der Waals surface area contributed by atoms with Gasteiger partial charge >= 0.3 is 0 Å². The number of nitrogens with one attached hydrogen (secondary N) is 1. The molecule has 29 heavy (non-hydrogen) atoms. The van der Waals surface area contributed by atoms with Gasteiger partial charge in [-0.05, 0) is 53.9 Å². The number of hydrogen-bond acceptors (Lipinski definition) is 4. The first-order valence-electron chi connectivity index (χ1n) is 9.44. The van der Waals surface area contributed by atoms with E-state index in [2.05, 4.69) is 11.4 Å². The highest BCUT2D eigenvalue weighted by Crippen LogP contribution is 2.25. The van der Waals surface area contributed by atoms with Gasteiger partial charge in [0.25, 0.3) is 5.91 Å². The van der Waals surface area contributed by atoms with Crippen molar-refractivity contribution in [3.8, 4) is 28.7 Å². The normalized spacial score (nSPS) is 10.1. The number of carbonyl (C=O) groups is 1. The van der Waals surface area contributed by atoms with Crippen LogP contribution in [0.15, 0.2) is 72.8 Å². The molecule has 0 saturated heterocycles. The second-order valence-electron chi connectivity index (χ2n) is 6.40. The van der Waals surface area contributed by atoms with Crippen LogP contribution >= 0.6 is 0 Å². The number of nitrogens with zero attached hydrogens (tertiary/aromatic N) is 1. The van der Waals surface area contributed by atoms with Crippen LogP contribution in [0.1, 0.15) is 18.9 Å². The van der Waals surface area contributed by atoms with Crippen LogP contribution in [0.2, 0.25) is 0 Å². The summed E-state index contributed by atoms with van der Waals surface area (Å²) in [5.74, 6) is 0.997. The predicted octanol–water partition coefficient (Wildman–Crippen LogP) is 5.03. The van der Waals surface area contributed by atoms with E-state index in [1.165, 1.54) is 0 Å². The Balaban J connectivity index is 1.56. The van der Waals surface area contributed by atoms with Crippen molar-refractivity contribution in [1.82, 2.24) is 0 Å². The molecule has 0 aliphatic rings. The number of amides is 1. The molecule has 0 aromatic heterocycles. The number of ether oxygens (including phenoxy) is 2. The van der Waals surface area contributed by atoms with Gasteiger partial charge in [-0.2, -0.15) is 5.26 Å². The van der Waals surface area contributed by atoms with Crippen LogP contribution in [0.25, 0.3) is 11.1 Å². The Morgan fingerprint density at radius 1 is 0.931 bits per heavy atom. The maximum Gasteiger partial charge on any atom is 0.262 e. The summed E-state index contributed by atoms with van der Waals surface area (Å²) in [6.45, 7) is 2.52. The zero-order valence-electron chi connectivity index (χ0n) is 16.2. The molecule has 0 saturated carbocycles. The third kappa shape index (κ3) is 5.60. The van der Waals surface area contributed by atoms with Gasteiger partial charge < -0.3 is 14.8 Å². The first kappa shape index (κ1) is 20.0. The molecular formula is C24H22N2O3. The number of para-hydroxylation sites is 2. The van der Waals surface area contributed by atoms with Crippen molar-refractivity contribution in [3.63, 3.8) is 0 Å². The van der Waals surface area contributed by atoms with Crippen LogP contribution in [0.3, 0.4) is 0 Å². The predicted molar refractivity (Wildman–Crippen MR) is 113 cm³/mol. The second-order valence-corrected chi connectivity index (χ2v) is 6.40. The third-order valence-corrected chi connectivity index (χ3v) is 4.19. The van der Waals surface area contributed by atoms with Gasteiger partial charge in [-0.1, -0.05) is 43.3 Å². The van der Waals surface area contributed by atoms with E-state index in [-0.39, 0.29) is 12.5 Å². The Hall–Kier alpha value is -3.78. The summed E-state index contributed by atoms with van der Waals surface area (Å²) in [5, 5.41) is 11.7. The van der Waals surface area contributed by atoms with Gasteiger partial charge in [-0.3, -0.25) is 4.79 Å². The fourth-order valence-corrected chi connectivity index (χ4v) is 2.72. The van der Waals surface area contributed by atoms with Crippen molar-refractivity contribution in [2.75, 3.05) is 18.5 Å². The van der Waals surface area contributed by atoms with E-state index in [9.17, 15) is 4.79 Å². The Morgan fingerprint density at radius 2 is 1.59 bits per heavy atom. The van der Waals surface area contributed by atoms with E-state index in [4.69, 9.17) is 14.7 Å². The SMILES string of the molecule is CCCOc1ccccc1NC(=O)COc1ccc(-c2ccc(C#N)cc2)cc1. The summed E-state index contributed by atoms with van der Waals surface area (Å²) < 4.78 is 11.2. The molecular weight excluding hydrogens is 364 g/mol. The Morgan fingerprint density at radius 3 is 2.24 bits per heavy atom. The molecule has 0 bridgehead atoms. The lowest BCUT2D eigenvalue weighted by molar-refractivity contribution is -0.118. The summed E-state index contributed by atoms with van der Waals surface area (Å²) in [6, 6.07) is 24.3. The summed E-state index contributed by atoms with van der Waals surface area (Å²) in [5.41, 5.74) is 3.28. The van der Waals surface area contributed by atoms with Crippen LogP contribution in [0.5, 0.6) is 11.5 Å². The minimum atomic E-state index is -0.256. The van der Waals surface area contributed by atoms with E-state index in [1.54, 1.807) is 18.2 Å². The van der Waals surface area contributed by atoms with Crippen molar-refractivity contribution in [2.24, 2.45) is 0 Å². The molecule has 146 valence electrons. The number of rotatable bonds is 8. The van der Waals surface area contributed by atoms with E-state index in [0.717, 1.165) is 17.5 Å². The van der Waals surface area contributed by atoms with E-state index >= 15 is 0 Å². The molecule has 5 heteroatoms. The minimum Gasteiger partial charge on any atom is -0.491 e. The van der Waals surface area contributed by atoms with Gasteiger partial charge in [0.15, 0.2) is 6.61 Å². The summed E-state index contributed by atoms with van der Waals surface area (Å²) in [7, 11) is 0. The van der Waals surface area contributed by atoms with Crippen LogP contribution in [0, 0.1) is 11.3 Å². The molecule has 1 N–H and O–H groups in total. The third-order valence-electron chi connectivity index (χ3n) is 4.19. The van der Waals surface area contributed by atoms with Crippen LogP contribution in [0.4, 0.5) is 5.69 Å². The number of anilines is 1. The molecule has 1 amide bonds. The van der Waals surface area contributed by atoms with Gasteiger partial charge in [0.1, 0.15) is 11.5 Å². The molecule has 0 heterocycles. The maximum absolute atomic E-state index is 12.2. The molecule has 0 aliphatic heterocycles. The number of carbonyl (C=O) groups excluding carboxylic acids is 1. The molecule has 3 aromatic carbocycles.